The third kappa shape index (κ3) is 3.93. The van der Waals surface area contributed by atoms with Gasteiger partial charge in [0, 0.05) is 38.3 Å². The molecule has 1 saturated heterocycles. The summed E-state index contributed by atoms with van der Waals surface area (Å²) in [6.07, 6.45) is 0.710. The molecule has 2 aromatic rings. The molecule has 1 fully saturated rings. The molecule has 2 aliphatic rings. The van der Waals surface area contributed by atoms with Crippen LogP contribution in [0.3, 0.4) is 0 Å². The van der Waals surface area contributed by atoms with E-state index in [1.165, 1.54) is 6.07 Å². The first-order chi connectivity index (χ1) is 13.4. The van der Waals surface area contributed by atoms with Crippen LogP contribution in [-0.4, -0.2) is 46.7 Å². The highest BCUT2D eigenvalue weighted by atomic mass is 19.2. The fourth-order valence-corrected chi connectivity index (χ4v) is 4.01. The number of nitrogens with zero attached hydrogens (tertiary/aromatic N) is 3. The molecule has 6 nitrogen and oxygen atoms in total. The fraction of sp³-hybridized carbons (Fsp3) is 0.500. The number of hydrogen-bond donors (Lipinski definition) is 1. The predicted octanol–water partition coefficient (Wildman–Crippen LogP) is 2.22. The summed E-state index contributed by atoms with van der Waals surface area (Å²) < 4.78 is 32.4. The molecule has 0 unspecified atom stereocenters. The number of fused-ring (bicyclic) bond motifs is 1. The largest absolute Gasteiger partial charge is 0.372 e. The number of halogens is 2. The number of ether oxygens (including phenoxy) is 1. The van der Waals surface area contributed by atoms with Crippen LogP contribution >= 0.6 is 0 Å². The van der Waals surface area contributed by atoms with E-state index in [0.717, 1.165) is 11.8 Å². The molecule has 1 aromatic carbocycles. The molecule has 1 N–H and O–H groups in total. The Morgan fingerprint density at radius 2 is 1.96 bits per heavy atom. The summed E-state index contributed by atoms with van der Waals surface area (Å²) in [5.74, 6) is -1.12. The Bertz CT molecular complexity index is 923. The molecular formula is C20H24F2N4O2. The molecule has 2 aliphatic heterocycles. The first kappa shape index (κ1) is 19.0. The summed E-state index contributed by atoms with van der Waals surface area (Å²) in [4.78, 5) is 24.4. The van der Waals surface area contributed by atoms with Gasteiger partial charge in [-0.1, -0.05) is 6.07 Å². The van der Waals surface area contributed by atoms with Gasteiger partial charge in [0.1, 0.15) is 0 Å². The average molecular weight is 390 g/mol. The lowest BCUT2D eigenvalue weighted by Crippen LogP contribution is -2.47. The molecule has 4 rings (SSSR count). The van der Waals surface area contributed by atoms with Crippen molar-refractivity contribution in [3.8, 4) is 0 Å². The van der Waals surface area contributed by atoms with Crippen LogP contribution in [0.1, 0.15) is 30.7 Å². The maximum atomic E-state index is 13.5. The van der Waals surface area contributed by atoms with Crippen molar-refractivity contribution in [2.24, 2.45) is 0 Å². The predicted molar refractivity (Wildman–Crippen MR) is 101 cm³/mol. The van der Waals surface area contributed by atoms with Gasteiger partial charge in [0.15, 0.2) is 11.6 Å². The van der Waals surface area contributed by atoms with Crippen LogP contribution < -0.4 is 10.5 Å². The fourth-order valence-electron chi connectivity index (χ4n) is 4.01. The second kappa shape index (κ2) is 7.60. The standard InChI is InChI=1S/C20H24F2N4O2/c1-12-8-26(9-13(2)28-12)20-23-18-11-25(6-5-15(18)19(27)24-20)10-14-3-4-16(21)17(22)7-14/h3-4,7,12-13H,5-6,8-11H2,1-2H3,(H,23,24,27)/t12-,13+. The Morgan fingerprint density at radius 1 is 1.21 bits per heavy atom. The van der Waals surface area contributed by atoms with E-state index in [2.05, 4.69) is 14.8 Å². The number of hydrogen-bond acceptors (Lipinski definition) is 5. The molecule has 0 bridgehead atoms. The van der Waals surface area contributed by atoms with E-state index in [1.54, 1.807) is 6.07 Å². The number of benzene rings is 1. The normalized spacial score (nSPS) is 22.9. The molecule has 1 aromatic heterocycles. The summed E-state index contributed by atoms with van der Waals surface area (Å²) in [5, 5.41) is 0. The van der Waals surface area contributed by atoms with Gasteiger partial charge in [0.2, 0.25) is 5.95 Å². The molecule has 0 saturated carbocycles. The minimum atomic E-state index is -0.848. The van der Waals surface area contributed by atoms with Crippen LogP contribution in [0.4, 0.5) is 14.7 Å². The van der Waals surface area contributed by atoms with Crippen molar-refractivity contribution in [2.45, 2.75) is 45.6 Å². The number of H-pyrrole nitrogens is 1. The van der Waals surface area contributed by atoms with Gasteiger partial charge in [-0.15, -0.1) is 0 Å². The first-order valence-electron chi connectivity index (χ1n) is 9.58. The maximum absolute atomic E-state index is 13.5. The zero-order chi connectivity index (χ0) is 19.8. The Morgan fingerprint density at radius 3 is 2.68 bits per heavy atom. The molecule has 0 radical (unpaired) electrons. The highest BCUT2D eigenvalue weighted by Gasteiger charge is 2.27. The molecule has 2 atom stereocenters. The highest BCUT2D eigenvalue weighted by Crippen LogP contribution is 2.21. The Balaban J connectivity index is 1.54. The number of aromatic amines is 1. The van der Waals surface area contributed by atoms with E-state index >= 15 is 0 Å². The van der Waals surface area contributed by atoms with E-state index in [9.17, 15) is 13.6 Å². The van der Waals surface area contributed by atoms with E-state index < -0.39 is 11.6 Å². The molecule has 0 spiro atoms. The van der Waals surface area contributed by atoms with Crippen LogP contribution in [0.15, 0.2) is 23.0 Å². The van der Waals surface area contributed by atoms with Gasteiger partial charge >= 0.3 is 0 Å². The lowest BCUT2D eigenvalue weighted by Gasteiger charge is -2.36. The second-order valence-corrected chi connectivity index (χ2v) is 7.69. The quantitative estimate of drug-likeness (QED) is 0.871. The van der Waals surface area contributed by atoms with Crippen molar-refractivity contribution in [2.75, 3.05) is 24.5 Å². The average Bonchev–Trinajstić information content (AvgIpc) is 2.63. The Labute approximate surface area is 162 Å². The summed E-state index contributed by atoms with van der Waals surface area (Å²) in [6, 6.07) is 3.95. The zero-order valence-electron chi connectivity index (χ0n) is 16.0. The van der Waals surface area contributed by atoms with E-state index in [1.807, 2.05) is 13.8 Å². The SMILES string of the molecule is C[C@@H]1CN(c2nc3c(c(=O)[nH]2)CCN(Cc2ccc(F)c(F)c2)C3)C[C@H](C)O1. The molecule has 0 aliphatic carbocycles. The van der Waals surface area contributed by atoms with Crippen LogP contribution in [0.5, 0.6) is 0 Å². The van der Waals surface area contributed by atoms with Crippen LogP contribution in [0.25, 0.3) is 0 Å². The van der Waals surface area contributed by atoms with E-state index in [-0.39, 0.29) is 17.8 Å². The minimum Gasteiger partial charge on any atom is -0.372 e. The van der Waals surface area contributed by atoms with Gasteiger partial charge in [0.25, 0.3) is 5.56 Å². The number of morpholine rings is 1. The summed E-state index contributed by atoms with van der Waals surface area (Å²) in [5.41, 5.74) is 2.06. The van der Waals surface area contributed by atoms with Gasteiger partial charge in [-0.2, -0.15) is 0 Å². The van der Waals surface area contributed by atoms with Crippen molar-refractivity contribution in [3.05, 3.63) is 57.0 Å². The van der Waals surface area contributed by atoms with Crippen LogP contribution in [0.2, 0.25) is 0 Å². The van der Waals surface area contributed by atoms with Gasteiger partial charge in [-0.25, -0.2) is 13.8 Å². The van der Waals surface area contributed by atoms with Gasteiger partial charge < -0.3 is 9.64 Å². The lowest BCUT2D eigenvalue weighted by molar-refractivity contribution is -0.00576. The van der Waals surface area contributed by atoms with Crippen LogP contribution in [-0.2, 0) is 24.2 Å². The summed E-state index contributed by atoms with van der Waals surface area (Å²) in [6.45, 7) is 7.00. The molecular weight excluding hydrogens is 366 g/mol. The van der Waals surface area contributed by atoms with Crippen molar-refractivity contribution >= 4 is 5.95 Å². The number of nitrogens with one attached hydrogen (secondary N) is 1. The third-order valence-corrected chi connectivity index (χ3v) is 5.25. The monoisotopic (exact) mass is 390 g/mol. The van der Waals surface area contributed by atoms with Crippen molar-refractivity contribution in [1.29, 1.82) is 0 Å². The minimum absolute atomic E-state index is 0.0648. The smallest absolute Gasteiger partial charge is 0.255 e. The van der Waals surface area contributed by atoms with Gasteiger partial charge in [-0.05, 0) is 38.0 Å². The van der Waals surface area contributed by atoms with Crippen molar-refractivity contribution in [3.63, 3.8) is 0 Å². The molecule has 0 amide bonds. The molecule has 28 heavy (non-hydrogen) atoms. The topological polar surface area (TPSA) is 61.5 Å². The zero-order valence-corrected chi connectivity index (χ0v) is 16.0. The Kier molecular flexibility index (Phi) is 5.16. The van der Waals surface area contributed by atoms with Gasteiger partial charge in [-0.3, -0.25) is 14.7 Å². The summed E-state index contributed by atoms with van der Waals surface area (Å²) in [7, 11) is 0. The third-order valence-electron chi connectivity index (χ3n) is 5.25. The van der Waals surface area contributed by atoms with Crippen LogP contribution in [0, 0.1) is 11.6 Å². The highest BCUT2D eigenvalue weighted by molar-refractivity contribution is 5.35. The maximum Gasteiger partial charge on any atom is 0.255 e. The number of rotatable bonds is 3. The number of aromatic nitrogens is 2. The first-order valence-corrected chi connectivity index (χ1v) is 9.58. The second-order valence-electron chi connectivity index (χ2n) is 7.69. The molecule has 8 heteroatoms. The number of anilines is 1. The molecule has 150 valence electrons. The molecule has 3 heterocycles. The summed E-state index contributed by atoms with van der Waals surface area (Å²) >= 11 is 0. The van der Waals surface area contributed by atoms with Crippen molar-refractivity contribution in [1.82, 2.24) is 14.9 Å². The van der Waals surface area contributed by atoms with Gasteiger partial charge in [0.05, 0.1) is 17.9 Å². The van der Waals surface area contributed by atoms with E-state index in [4.69, 9.17) is 9.72 Å². The Hall–Kier alpha value is -2.32. The van der Waals surface area contributed by atoms with Crippen molar-refractivity contribution < 1.29 is 13.5 Å². The van der Waals surface area contributed by atoms with E-state index in [0.29, 0.717) is 56.2 Å². The lowest BCUT2D eigenvalue weighted by atomic mass is 10.1.